The lowest BCUT2D eigenvalue weighted by atomic mass is 9.97. The molecule has 0 bridgehead atoms. The number of piperidine rings is 1. The van der Waals surface area contributed by atoms with Gasteiger partial charge in [-0.15, -0.1) is 0 Å². The Morgan fingerprint density at radius 1 is 1.10 bits per heavy atom. The molecule has 1 N–H and O–H groups in total. The Balaban J connectivity index is 1.70. The van der Waals surface area contributed by atoms with Gasteiger partial charge in [0.25, 0.3) is 5.69 Å². The number of para-hydroxylation sites is 1. The van der Waals surface area contributed by atoms with E-state index in [9.17, 15) is 23.3 Å². The smallest absolute Gasteiger partial charge is 0.270 e. The fourth-order valence-corrected chi connectivity index (χ4v) is 5.14. The minimum atomic E-state index is -3.87. The maximum atomic E-state index is 13.0. The maximum absolute atomic E-state index is 13.0. The van der Waals surface area contributed by atoms with Crippen molar-refractivity contribution in [3.8, 4) is 0 Å². The quantitative estimate of drug-likeness (QED) is 0.593. The van der Waals surface area contributed by atoms with Crippen LogP contribution < -0.4 is 5.32 Å². The zero-order valence-corrected chi connectivity index (χ0v) is 17.1. The van der Waals surface area contributed by atoms with E-state index in [1.54, 1.807) is 6.92 Å². The van der Waals surface area contributed by atoms with Gasteiger partial charge in [0.05, 0.1) is 9.82 Å². The minimum absolute atomic E-state index is 0.0606. The second kappa shape index (κ2) is 8.30. The van der Waals surface area contributed by atoms with Gasteiger partial charge in [-0.05, 0) is 43.9 Å². The minimum Gasteiger partial charge on any atom is -0.326 e. The zero-order chi connectivity index (χ0) is 21.2. The number of carbonyl (C=O) groups excluding carboxylic acids is 1. The number of carbonyl (C=O) groups is 1. The highest BCUT2D eigenvalue weighted by Gasteiger charge is 2.33. The molecule has 8 nitrogen and oxygen atoms in total. The molecule has 0 aliphatic carbocycles. The van der Waals surface area contributed by atoms with Crippen molar-refractivity contribution in [2.45, 2.75) is 31.6 Å². The average molecular weight is 417 g/mol. The summed E-state index contributed by atoms with van der Waals surface area (Å²) in [6.07, 6.45) is 0.788. The molecule has 0 unspecified atom stereocenters. The Kier molecular flexibility index (Phi) is 5.99. The van der Waals surface area contributed by atoms with Crippen LogP contribution in [0.15, 0.2) is 47.4 Å². The summed E-state index contributed by atoms with van der Waals surface area (Å²) in [6, 6.07) is 11.3. The van der Waals surface area contributed by atoms with Gasteiger partial charge in [0.15, 0.2) is 0 Å². The van der Waals surface area contributed by atoms with Crippen molar-refractivity contribution in [3.05, 3.63) is 63.7 Å². The fraction of sp³-hybridized carbons (Fsp3) is 0.350. The summed E-state index contributed by atoms with van der Waals surface area (Å²) in [6.45, 7) is 3.90. The first-order chi connectivity index (χ1) is 13.7. The number of hydrogen-bond acceptors (Lipinski definition) is 5. The van der Waals surface area contributed by atoms with Gasteiger partial charge in [-0.2, -0.15) is 4.31 Å². The Hall–Kier alpha value is -2.78. The van der Waals surface area contributed by atoms with Crippen LogP contribution in [-0.2, 0) is 14.8 Å². The van der Waals surface area contributed by atoms with E-state index in [1.807, 2.05) is 31.2 Å². The number of nitro benzene ring substituents is 1. The molecule has 0 saturated carbocycles. The molecule has 29 heavy (non-hydrogen) atoms. The molecule has 0 spiro atoms. The van der Waals surface area contributed by atoms with Crippen LogP contribution in [0, 0.1) is 29.9 Å². The van der Waals surface area contributed by atoms with Crippen LogP contribution in [0.5, 0.6) is 0 Å². The topological polar surface area (TPSA) is 110 Å². The number of nitro groups is 1. The first-order valence-corrected chi connectivity index (χ1v) is 10.8. The number of rotatable bonds is 5. The molecule has 0 atom stereocenters. The number of aryl methyl sites for hydroxylation is 2. The molecule has 3 rings (SSSR count). The van der Waals surface area contributed by atoms with Crippen LogP contribution in [0.3, 0.4) is 0 Å². The molecular weight excluding hydrogens is 394 g/mol. The summed E-state index contributed by atoms with van der Waals surface area (Å²) in [5.41, 5.74) is 1.90. The van der Waals surface area contributed by atoms with E-state index in [4.69, 9.17) is 0 Å². The zero-order valence-electron chi connectivity index (χ0n) is 16.3. The predicted molar refractivity (Wildman–Crippen MR) is 109 cm³/mol. The highest BCUT2D eigenvalue weighted by atomic mass is 32.2. The Labute approximate surface area is 169 Å². The van der Waals surface area contributed by atoms with Gasteiger partial charge in [-0.1, -0.05) is 24.3 Å². The van der Waals surface area contributed by atoms with Crippen LogP contribution in [-0.4, -0.2) is 36.6 Å². The highest BCUT2D eigenvalue weighted by molar-refractivity contribution is 7.89. The monoisotopic (exact) mass is 417 g/mol. The summed E-state index contributed by atoms with van der Waals surface area (Å²) in [7, 11) is -3.87. The summed E-state index contributed by atoms with van der Waals surface area (Å²) in [5, 5.41) is 13.9. The Bertz CT molecular complexity index is 1040. The fourth-order valence-electron chi connectivity index (χ4n) is 3.43. The lowest BCUT2D eigenvalue weighted by molar-refractivity contribution is -0.385. The van der Waals surface area contributed by atoms with Gasteiger partial charge < -0.3 is 5.32 Å². The second-order valence-electron chi connectivity index (χ2n) is 7.19. The Morgan fingerprint density at radius 3 is 2.38 bits per heavy atom. The highest BCUT2D eigenvalue weighted by Crippen LogP contribution is 2.29. The molecule has 0 radical (unpaired) electrons. The molecule has 2 aromatic rings. The standard InChI is InChI=1S/C20H23N3O5S/c1-14-5-3-4-6-18(14)21-20(24)16-9-11-22(12-10-16)29(27,28)19-13-17(23(25)26)8-7-15(19)2/h3-8,13,16H,9-12H2,1-2H3,(H,21,24). The third-order valence-corrected chi connectivity index (χ3v) is 7.27. The molecule has 1 amide bonds. The summed E-state index contributed by atoms with van der Waals surface area (Å²) in [4.78, 5) is 22.9. The lowest BCUT2D eigenvalue weighted by Crippen LogP contribution is -2.41. The molecule has 1 aliphatic rings. The average Bonchev–Trinajstić information content (AvgIpc) is 2.69. The van der Waals surface area contributed by atoms with E-state index in [-0.39, 0.29) is 35.5 Å². The van der Waals surface area contributed by atoms with Crippen molar-refractivity contribution < 1.29 is 18.1 Å². The SMILES string of the molecule is Cc1ccccc1NC(=O)C1CCN(S(=O)(=O)c2cc([N+](=O)[O-])ccc2C)CC1. The van der Waals surface area contributed by atoms with Crippen molar-refractivity contribution in [2.75, 3.05) is 18.4 Å². The molecule has 1 fully saturated rings. The van der Waals surface area contributed by atoms with Crippen LogP contribution >= 0.6 is 0 Å². The number of anilines is 1. The third kappa shape index (κ3) is 4.46. The first kappa shape index (κ1) is 20.9. The molecule has 2 aromatic carbocycles. The van der Waals surface area contributed by atoms with E-state index in [2.05, 4.69) is 5.32 Å². The van der Waals surface area contributed by atoms with Crippen molar-refractivity contribution in [3.63, 3.8) is 0 Å². The maximum Gasteiger partial charge on any atom is 0.270 e. The van der Waals surface area contributed by atoms with Gasteiger partial charge in [0.1, 0.15) is 0 Å². The normalized spacial score (nSPS) is 15.8. The van der Waals surface area contributed by atoms with Crippen LogP contribution in [0.1, 0.15) is 24.0 Å². The first-order valence-electron chi connectivity index (χ1n) is 9.32. The van der Waals surface area contributed by atoms with Gasteiger partial charge in [0.2, 0.25) is 15.9 Å². The number of nitrogens with zero attached hydrogens (tertiary/aromatic N) is 2. The number of nitrogens with one attached hydrogen (secondary N) is 1. The number of sulfonamides is 1. The number of amides is 1. The molecule has 1 saturated heterocycles. The summed E-state index contributed by atoms with van der Waals surface area (Å²) >= 11 is 0. The van der Waals surface area contributed by atoms with E-state index in [0.717, 1.165) is 17.3 Å². The van der Waals surface area contributed by atoms with Crippen LogP contribution in [0.25, 0.3) is 0 Å². The van der Waals surface area contributed by atoms with Crippen molar-refractivity contribution >= 4 is 27.3 Å². The van der Waals surface area contributed by atoms with Crippen LogP contribution in [0.2, 0.25) is 0 Å². The van der Waals surface area contributed by atoms with E-state index in [1.165, 1.54) is 16.4 Å². The van der Waals surface area contributed by atoms with Crippen molar-refractivity contribution in [1.29, 1.82) is 0 Å². The predicted octanol–water partition coefficient (Wildman–Crippen LogP) is 3.25. The van der Waals surface area contributed by atoms with E-state index >= 15 is 0 Å². The number of non-ortho nitro benzene ring substituents is 1. The molecule has 9 heteroatoms. The molecule has 0 aromatic heterocycles. The molecule has 154 valence electrons. The molecule has 1 aliphatic heterocycles. The number of hydrogen-bond donors (Lipinski definition) is 1. The summed E-state index contributed by atoms with van der Waals surface area (Å²) in [5.74, 6) is -0.407. The van der Waals surface area contributed by atoms with Crippen molar-refractivity contribution in [2.24, 2.45) is 5.92 Å². The van der Waals surface area contributed by atoms with E-state index in [0.29, 0.717) is 18.4 Å². The second-order valence-corrected chi connectivity index (χ2v) is 9.10. The number of benzene rings is 2. The molecular formula is C20H23N3O5S. The van der Waals surface area contributed by atoms with Gasteiger partial charge >= 0.3 is 0 Å². The Morgan fingerprint density at radius 2 is 1.76 bits per heavy atom. The van der Waals surface area contributed by atoms with Gasteiger partial charge in [0, 0.05) is 36.8 Å². The van der Waals surface area contributed by atoms with Gasteiger partial charge in [-0.3, -0.25) is 14.9 Å². The third-order valence-electron chi connectivity index (χ3n) is 5.23. The van der Waals surface area contributed by atoms with Crippen molar-refractivity contribution in [1.82, 2.24) is 4.31 Å². The summed E-state index contributed by atoms with van der Waals surface area (Å²) < 4.78 is 27.3. The van der Waals surface area contributed by atoms with Gasteiger partial charge in [-0.25, -0.2) is 8.42 Å². The lowest BCUT2D eigenvalue weighted by Gasteiger charge is -2.31. The van der Waals surface area contributed by atoms with E-state index < -0.39 is 14.9 Å². The largest absolute Gasteiger partial charge is 0.326 e. The molecule has 1 heterocycles. The van der Waals surface area contributed by atoms with Crippen LogP contribution in [0.4, 0.5) is 11.4 Å².